The summed E-state index contributed by atoms with van der Waals surface area (Å²) in [5.74, 6) is -2.61. The minimum absolute atomic E-state index is 0.0691. The summed E-state index contributed by atoms with van der Waals surface area (Å²) in [5, 5.41) is 13.8. The number of hydrogen-bond acceptors (Lipinski definition) is 6. The predicted molar refractivity (Wildman–Crippen MR) is 124 cm³/mol. The van der Waals surface area contributed by atoms with Gasteiger partial charge in [-0.1, -0.05) is 0 Å². The summed E-state index contributed by atoms with van der Waals surface area (Å²) in [6.45, 7) is 1.84. The third kappa shape index (κ3) is 5.36. The quantitative estimate of drug-likeness (QED) is 0.554. The van der Waals surface area contributed by atoms with Crippen LogP contribution in [0.25, 0.3) is 0 Å². The molecule has 1 aromatic heterocycles. The Balaban J connectivity index is 1.97. The Hall–Kier alpha value is -2.78. The van der Waals surface area contributed by atoms with Crippen LogP contribution in [0.5, 0.6) is 0 Å². The van der Waals surface area contributed by atoms with Gasteiger partial charge in [-0.05, 0) is 45.3 Å². The van der Waals surface area contributed by atoms with E-state index in [0.29, 0.717) is 34.2 Å². The lowest BCUT2D eigenvalue weighted by molar-refractivity contribution is -0.277. The number of alkyl halides is 3. The number of halogens is 5. The van der Waals surface area contributed by atoms with Crippen molar-refractivity contribution < 1.29 is 54.6 Å². The van der Waals surface area contributed by atoms with Crippen molar-refractivity contribution in [1.29, 1.82) is 0 Å². The Labute approximate surface area is 225 Å². The number of fused-ring (bicyclic) bond motifs is 1. The number of carbonyl (C=O) groups is 1. The molecule has 0 radical (unpaired) electrons. The van der Waals surface area contributed by atoms with E-state index in [4.69, 9.17) is 14.3 Å². The van der Waals surface area contributed by atoms with Gasteiger partial charge < -0.3 is 9.84 Å². The average Bonchev–Trinajstić information content (AvgIpc) is 3.44. The molecule has 2 aliphatic rings. The van der Waals surface area contributed by atoms with Crippen LogP contribution >= 0.6 is 0 Å². The molecule has 0 aliphatic carbocycles. The van der Waals surface area contributed by atoms with Gasteiger partial charge in [0.2, 0.25) is 0 Å². The van der Waals surface area contributed by atoms with Crippen LogP contribution in [0.4, 0.5) is 26.7 Å². The lowest BCUT2D eigenvalue weighted by Gasteiger charge is -2.51. The maximum atomic E-state index is 15.1. The third-order valence-electron chi connectivity index (χ3n) is 5.88. The van der Waals surface area contributed by atoms with Crippen molar-refractivity contribution in [1.82, 2.24) is 19.0 Å². The monoisotopic (exact) mass is 573 g/mol. The minimum atomic E-state index is -5.94. The number of rotatable bonds is 4. The van der Waals surface area contributed by atoms with E-state index in [1.165, 1.54) is 20.8 Å². The molecule has 4 rings (SSSR count). The summed E-state index contributed by atoms with van der Waals surface area (Å²) in [6, 6.07) is -4.99. The van der Waals surface area contributed by atoms with E-state index in [0.717, 1.165) is 0 Å². The molecule has 1 fully saturated rings. The van der Waals surface area contributed by atoms with Crippen molar-refractivity contribution >= 4 is 16.1 Å². The Morgan fingerprint density at radius 2 is 1.97 bits per heavy atom. The Bertz CT molecular complexity index is 1610. The minimum Gasteiger partial charge on any atom is -0.465 e. The zero-order chi connectivity index (χ0) is 34.5. The second-order valence-corrected chi connectivity index (χ2v) is 11.0. The van der Waals surface area contributed by atoms with E-state index in [1.807, 2.05) is 0 Å². The highest BCUT2D eigenvalue weighted by Gasteiger charge is 2.57. The summed E-state index contributed by atoms with van der Waals surface area (Å²) < 4.78 is 162. The molecular weight excluding hydrogens is 539 g/mol. The van der Waals surface area contributed by atoms with Crippen molar-refractivity contribution in [3.8, 4) is 0 Å². The van der Waals surface area contributed by atoms with E-state index in [1.54, 1.807) is 0 Å². The van der Waals surface area contributed by atoms with Crippen molar-refractivity contribution in [2.75, 3.05) is 6.18 Å². The maximum absolute atomic E-state index is 15.1. The van der Waals surface area contributed by atoms with Crippen LogP contribution in [0.3, 0.4) is 0 Å². The van der Waals surface area contributed by atoms with Gasteiger partial charge in [-0.25, -0.2) is 22.0 Å². The van der Waals surface area contributed by atoms with Crippen molar-refractivity contribution in [2.45, 2.75) is 76.2 Å². The number of benzene rings is 1. The lowest BCUT2D eigenvalue weighted by atomic mass is 9.85. The topological polar surface area (TPSA) is 105 Å². The van der Waals surface area contributed by atoms with Crippen LogP contribution in [0.15, 0.2) is 24.4 Å². The zero-order valence-electron chi connectivity index (χ0n) is 27.0. The van der Waals surface area contributed by atoms with Gasteiger partial charge in [0.25, 0.3) is 10.0 Å². The molecule has 0 saturated carbocycles. The van der Waals surface area contributed by atoms with Crippen molar-refractivity contribution in [3.05, 3.63) is 52.9 Å². The van der Waals surface area contributed by atoms with E-state index in [9.17, 15) is 35.9 Å². The standard InChI is InChI=1S/C23H27F5N4O5S/c1-22(2,3)32(21(33)34)17-8-18(30-9-12-10-31(38(4,35)36)29-16(12)11-30)20(23(26,27)28)37-19(17)14-7-13(24)5-6-15(14)25/h5-7,10,17-20H,8-9,11H2,1-4H3,(H,33,34)/t17-,18?,19+,20?/m0/s1/i4D3,8D2,18D,20D. The first-order valence-electron chi connectivity index (χ1n) is 14.4. The first-order chi connectivity index (χ1) is 20.1. The van der Waals surface area contributed by atoms with Crippen LogP contribution in [0.2, 0.25) is 0 Å². The summed E-state index contributed by atoms with van der Waals surface area (Å²) >= 11 is 0. The van der Waals surface area contributed by atoms with E-state index >= 15 is 4.39 Å². The van der Waals surface area contributed by atoms with Gasteiger partial charge in [0.05, 0.1) is 19.3 Å². The average molecular weight is 574 g/mol. The maximum Gasteiger partial charge on any atom is 0.416 e. The number of hydrogen-bond donors (Lipinski definition) is 1. The molecule has 0 bridgehead atoms. The molecule has 1 amide bonds. The highest BCUT2D eigenvalue weighted by molar-refractivity contribution is 7.89. The summed E-state index contributed by atoms with van der Waals surface area (Å²) in [5.41, 5.74) is -3.32. The van der Waals surface area contributed by atoms with Gasteiger partial charge in [0.1, 0.15) is 17.7 Å². The fourth-order valence-electron chi connectivity index (χ4n) is 4.36. The molecule has 38 heavy (non-hydrogen) atoms. The Morgan fingerprint density at radius 1 is 1.29 bits per heavy atom. The van der Waals surface area contributed by atoms with Crippen LogP contribution in [0, 0.1) is 11.6 Å². The van der Waals surface area contributed by atoms with Gasteiger partial charge in [0.15, 0.2) is 6.08 Å². The van der Waals surface area contributed by atoms with Crippen LogP contribution in [-0.4, -0.2) is 74.6 Å². The van der Waals surface area contributed by atoms with Gasteiger partial charge >= 0.3 is 12.3 Å². The molecule has 1 saturated heterocycles. The van der Waals surface area contributed by atoms with Crippen LogP contribution in [0.1, 0.15) is 59.7 Å². The second kappa shape index (κ2) is 9.45. The van der Waals surface area contributed by atoms with Crippen LogP contribution < -0.4 is 0 Å². The fourth-order valence-corrected chi connectivity index (χ4v) is 4.83. The summed E-state index contributed by atoms with van der Waals surface area (Å²) in [7, 11) is -5.09. The molecule has 4 atom stereocenters. The molecular formula is C23H27F5N4O5S. The first kappa shape index (κ1) is 20.2. The normalized spacial score (nSPS) is 33.1. The second-order valence-electron chi connectivity index (χ2n) is 9.63. The molecule has 1 N–H and O–H groups in total. The summed E-state index contributed by atoms with van der Waals surface area (Å²) in [6.07, 6.45) is -21.8. The highest BCUT2D eigenvalue weighted by Crippen LogP contribution is 2.45. The van der Waals surface area contributed by atoms with Crippen molar-refractivity contribution in [3.63, 3.8) is 0 Å². The highest BCUT2D eigenvalue weighted by atomic mass is 32.2. The molecule has 3 heterocycles. The SMILES string of the molecule is [2H]C1([2H])[C@H](N(C(=O)O)C(C)(C)C)[C@@H](c2cc(F)ccc2F)OC([2H])(C(F)(F)F)C1([2H])N1Cc2cn(S(=O)(=O)C([2H])([2H])[2H])nc2C1. The largest absolute Gasteiger partial charge is 0.465 e. The van der Waals surface area contributed by atoms with Gasteiger partial charge in [-0.3, -0.25) is 9.80 Å². The molecule has 2 aromatic rings. The number of carboxylic acid groups (broad SMARTS) is 1. The van der Waals surface area contributed by atoms with Crippen molar-refractivity contribution in [2.24, 2.45) is 0 Å². The third-order valence-corrected chi connectivity index (χ3v) is 6.56. The number of nitrogens with zero attached hydrogens (tertiary/aromatic N) is 4. The van der Waals surface area contributed by atoms with Crippen LogP contribution in [-0.2, 0) is 27.8 Å². The predicted octanol–water partition coefficient (Wildman–Crippen LogP) is 3.89. The smallest absolute Gasteiger partial charge is 0.416 e. The van der Waals surface area contributed by atoms with E-state index in [2.05, 4.69) is 5.10 Å². The zero-order valence-corrected chi connectivity index (χ0v) is 20.9. The molecule has 1 aromatic carbocycles. The molecule has 210 valence electrons. The Kier molecular flexibility index (Phi) is 5.02. The first-order valence-corrected chi connectivity index (χ1v) is 12.4. The van der Waals surface area contributed by atoms with Gasteiger partial charge in [-0.15, -0.1) is 0 Å². The number of aromatic nitrogens is 2. The fraction of sp³-hybridized carbons (Fsp3) is 0.565. The van der Waals surface area contributed by atoms with Gasteiger partial charge in [-0.2, -0.15) is 22.4 Å². The van der Waals surface area contributed by atoms with E-state index in [-0.39, 0.29) is 15.3 Å². The van der Waals surface area contributed by atoms with E-state index < -0.39 is 94.9 Å². The summed E-state index contributed by atoms with van der Waals surface area (Å²) in [4.78, 5) is 13.3. The number of amides is 1. The molecule has 2 aliphatic heterocycles. The molecule has 2 unspecified atom stereocenters. The molecule has 9 nitrogen and oxygen atoms in total. The molecule has 15 heteroatoms. The Morgan fingerprint density at radius 3 is 2.53 bits per heavy atom. The van der Waals surface area contributed by atoms with Gasteiger partial charge in [0, 0.05) is 50.2 Å². The molecule has 0 spiro atoms. The number of ether oxygens (including phenoxy) is 1. The lowest BCUT2D eigenvalue weighted by Crippen LogP contribution is -2.63.